The van der Waals surface area contributed by atoms with Crippen LogP contribution in [0, 0.1) is 5.92 Å². The Hall–Kier alpha value is -0.610. The summed E-state index contributed by atoms with van der Waals surface area (Å²) in [6.07, 6.45) is 2.24. The summed E-state index contributed by atoms with van der Waals surface area (Å²) in [5, 5.41) is 13.1. The van der Waals surface area contributed by atoms with Gasteiger partial charge in [-0.25, -0.2) is 0 Å². The van der Waals surface area contributed by atoms with Crippen molar-refractivity contribution < 1.29 is 9.90 Å². The minimum atomic E-state index is -0.589. The molecule has 0 bridgehead atoms. The van der Waals surface area contributed by atoms with E-state index in [-0.39, 0.29) is 17.9 Å². The Morgan fingerprint density at radius 2 is 1.94 bits per heavy atom. The number of aliphatic hydroxyl groups is 1. The monoisotopic (exact) mass is 226 g/mol. The van der Waals surface area contributed by atoms with Gasteiger partial charge in [0, 0.05) is 19.1 Å². The number of rotatable bonds is 4. The van der Waals surface area contributed by atoms with Crippen molar-refractivity contribution in [1.82, 2.24) is 10.2 Å². The standard InChI is InChI=1S/C12H22N2O2/c1-8(2)12(16)6-14(7-12)9(3)11(15)13-10-4-5-10/h8-10,16H,4-7H2,1-3H3,(H,13,15). The molecule has 92 valence electrons. The van der Waals surface area contributed by atoms with Crippen LogP contribution >= 0.6 is 0 Å². The summed E-state index contributed by atoms with van der Waals surface area (Å²) >= 11 is 0. The molecule has 1 atom stereocenters. The van der Waals surface area contributed by atoms with Gasteiger partial charge in [-0.1, -0.05) is 13.8 Å². The molecule has 1 aliphatic carbocycles. The van der Waals surface area contributed by atoms with Crippen LogP contribution in [0.4, 0.5) is 0 Å². The van der Waals surface area contributed by atoms with Crippen LogP contribution in [0.2, 0.25) is 0 Å². The van der Waals surface area contributed by atoms with Gasteiger partial charge >= 0.3 is 0 Å². The van der Waals surface area contributed by atoms with Gasteiger partial charge in [-0.05, 0) is 25.7 Å². The molecule has 2 N–H and O–H groups in total. The molecular formula is C12H22N2O2. The fourth-order valence-electron chi connectivity index (χ4n) is 2.01. The fraction of sp³-hybridized carbons (Fsp3) is 0.917. The van der Waals surface area contributed by atoms with Gasteiger partial charge in [-0.3, -0.25) is 9.69 Å². The van der Waals surface area contributed by atoms with Crippen LogP contribution in [-0.4, -0.2) is 46.7 Å². The maximum atomic E-state index is 11.8. The van der Waals surface area contributed by atoms with E-state index in [9.17, 15) is 9.90 Å². The molecule has 1 heterocycles. The highest BCUT2D eigenvalue weighted by Crippen LogP contribution is 2.30. The topological polar surface area (TPSA) is 52.6 Å². The van der Waals surface area contributed by atoms with Crippen molar-refractivity contribution in [3.63, 3.8) is 0 Å². The Balaban J connectivity index is 1.79. The quantitative estimate of drug-likeness (QED) is 0.727. The molecule has 4 heteroatoms. The summed E-state index contributed by atoms with van der Waals surface area (Å²) in [6, 6.07) is 0.305. The predicted octanol–water partition coefficient (Wildman–Crippen LogP) is 0.356. The molecule has 1 saturated carbocycles. The van der Waals surface area contributed by atoms with Gasteiger partial charge in [0.2, 0.25) is 5.91 Å². The van der Waals surface area contributed by atoms with Crippen LogP contribution < -0.4 is 5.32 Å². The third kappa shape index (κ3) is 2.23. The van der Waals surface area contributed by atoms with Crippen LogP contribution in [0.5, 0.6) is 0 Å². The average molecular weight is 226 g/mol. The van der Waals surface area contributed by atoms with Gasteiger partial charge in [0.15, 0.2) is 0 Å². The smallest absolute Gasteiger partial charge is 0.237 e. The molecular weight excluding hydrogens is 204 g/mol. The Morgan fingerprint density at radius 1 is 1.38 bits per heavy atom. The summed E-state index contributed by atoms with van der Waals surface area (Å²) in [7, 11) is 0. The lowest BCUT2D eigenvalue weighted by Gasteiger charge is -2.51. The molecule has 2 fully saturated rings. The van der Waals surface area contributed by atoms with E-state index in [1.165, 1.54) is 0 Å². The molecule has 0 aromatic carbocycles. The van der Waals surface area contributed by atoms with Crippen LogP contribution in [-0.2, 0) is 4.79 Å². The van der Waals surface area contributed by atoms with Crippen molar-refractivity contribution in [2.75, 3.05) is 13.1 Å². The summed E-state index contributed by atoms with van der Waals surface area (Å²) in [6.45, 7) is 7.18. The van der Waals surface area contributed by atoms with E-state index in [1.807, 2.05) is 25.7 Å². The number of likely N-dealkylation sites (tertiary alicyclic amines) is 1. The number of carbonyl (C=O) groups excluding carboxylic acids is 1. The molecule has 1 amide bonds. The molecule has 0 radical (unpaired) electrons. The second-order valence-electron chi connectivity index (χ2n) is 5.62. The average Bonchev–Trinajstić information content (AvgIpc) is 2.95. The van der Waals surface area contributed by atoms with Gasteiger partial charge in [-0.2, -0.15) is 0 Å². The van der Waals surface area contributed by atoms with E-state index in [2.05, 4.69) is 5.32 Å². The summed E-state index contributed by atoms with van der Waals surface area (Å²) in [4.78, 5) is 13.8. The molecule has 1 unspecified atom stereocenters. The van der Waals surface area contributed by atoms with E-state index in [0.29, 0.717) is 19.1 Å². The van der Waals surface area contributed by atoms with Crippen molar-refractivity contribution in [2.45, 2.75) is 51.3 Å². The van der Waals surface area contributed by atoms with E-state index in [4.69, 9.17) is 0 Å². The highest BCUT2D eigenvalue weighted by atomic mass is 16.3. The Kier molecular flexibility index (Phi) is 2.97. The summed E-state index contributed by atoms with van der Waals surface area (Å²) < 4.78 is 0. The number of amides is 1. The second kappa shape index (κ2) is 4.00. The lowest BCUT2D eigenvalue weighted by Crippen LogP contribution is -2.68. The number of carbonyl (C=O) groups is 1. The Morgan fingerprint density at radius 3 is 2.38 bits per heavy atom. The van der Waals surface area contributed by atoms with Crippen molar-refractivity contribution in [3.05, 3.63) is 0 Å². The fourth-order valence-corrected chi connectivity index (χ4v) is 2.01. The van der Waals surface area contributed by atoms with Gasteiger partial charge < -0.3 is 10.4 Å². The normalized spacial score (nSPS) is 26.3. The minimum Gasteiger partial charge on any atom is -0.387 e. The van der Waals surface area contributed by atoms with Crippen molar-refractivity contribution >= 4 is 5.91 Å². The maximum absolute atomic E-state index is 11.8. The molecule has 2 aliphatic rings. The van der Waals surface area contributed by atoms with E-state index >= 15 is 0 Å². The first-order valence-electron chi connectivity index (χ1n) is 6.19. The molecule has 0 aromatic heterocycles. The van der Waals surface area contributed by atoms with Gasteiger partial charge in [0.25, 0.3) is 0 Å². The number of nitrogens with zero attached hydrogens (tertiary/aromatic N) is 1. The lowest BCUT2D eigenvalue weighted by atomic mass is 9.82. The van der Waals surface area contributed by atoms with Crippen LogP contribution in [0.1, 0.15) is 33.6 Å². The Labute approximate surface area is 97.0 Å². The van der Waals surface area contributed by atoms with E-state index in [1.54, 1.807) is 0 Å². The molecule has 0 aromatic rings. The second-order valence-corrected chi connectivity index (χ2v) is 5.62. The predicted molar refractivity (Wildman–Crippen MR) is 62.0 cm³/mol. The molecule has 1 saturated heterocycles. The van der Waals surface area contributed by atoms with Crippen molar-refractivity contribution in [1.29, 1.82) is 0 Å². The number of β-amino-alcohol motifs (C(OH)–C–C–N with tert-alkyl or cyclic N) is 1. The van der Waals surface area contributed by atoms with Crippen LogP contribution in [0.25, 0.3) is 0 Å². The van der Waals surface area contributed by atoms with Crippen LogP contribution in [0.15, 0.2) is 0 Å². The summed E-state index contributed by atoms with van der Waals surface area (Å²) in [5.74, 6) is 0.357. The first-order chi connectivity index (χ1) is 7.42. The van der Waals surface area contributed by atoms with Gasteiger partial charge in [-0.15, -0.1) is 0 Å². The third-order valence-corrected chi connectivity index (χ3v) is 3.88. The van der Waals surface area contributed by atoms with Crippen molar-refractivity contribution in [3.8, 4) is 0 Å². The van der Waals surface area contributed by atoms with Crippen molar-refractivity contribution in [2.24, 2.45) is 5.92 Å². The summed E-state index contributed by atoms with van der Waals surface area (Å²) in [5.41, 5.74) is -0.589. The molecule has 2 rings (SSSR count). The van der Waals surface area contributed by atoms with Gasteiger partial charge in [0.05, 0.1) is 11.6 Å². The highest BCUT2D eigenvalue weighted by Gasteiger charge is 2.46. The zero-order valence-electron chi connectivity index (χ0n) is 10.4. The van der Waals surface area contributed by atoms with Crippen LogP contribution in [0.3, 0.4) is 0 Å². The maximum Gasteiger partial charge on any atom is 0.237 e. The highest BCUT2D eigenvalue weighted by molar-refractivity contribution is 5.82. The number of hydrogen-bond donors (Lipinski definition) is 2. The zero-order chi connectivity index (χ0) is 11.9. The first kappa shape index (κ1) is 11.9. The molecule has 16 heavy (non-hydrogen) atoms. The largest absolute Gasteiger partial charge is 0.387 e. The molecule has 1 aliphatic heterocycles. The van der Waals surface area contributed by atoms with E-state index < -0.39 is 5.60 Å². The Bertz CT molecular complexity index is 281. The number of nitrogens with one attached hydrogen (secondary N) is 1. The van der Waals surface area contributed by atoms with E-state index in [0.717, 1.165) is 12.8 Å². The van der Waals surface area contributed by atoms with Gasteiger partial charge in [0.1, 0.15) is 0 Å². The minimum absolute atomic E-state index is 0.105. The number of hydrogen-bond acceptors (Lipinski definition) is 3. The third-order valence-electron chi connectivity index (χ3n) is 3.88. The SMILES string of the molecule is CC(C(=O)NC1CC1)N1CC(O)(C(C)C)C1. The molecule has 0 spiro atoms. The molecule has 4 nitrogen and oxygen atoms in total. The zero-order valence-corrected chi connectivity index (χ0v) is 10.4. The lowest BCUT2D eigenvalue weighted by molar-refractivity contribution is -0.153. The first-order valence-corrected chi connectivity index (χ1v) is 6.19.